The lowest BCUT2D eigenvalue weighted by atomic mass is 10.3. The van der Waals surface area contributed by atoms with Gasteiger partial charge in [-0.1, -0.05) is 13.8 Å². The molecule has 0 spiro atoms. The van der Waals surface area contributed by atoms with Crippen molar-refractivity contribution in [3.63, 3.8) is 0 Å². The fraction of sp³-hybridized carbons (Fsp3) is 0.667. The average molecular weight is 256 g/mol. The molecule has 0 rings (SSSR count). The van der Waals surface area contributed by atoms with Crippen LogP contribution in [0.3, 0.4) is 0 Å². The standard InChI is InChI=1S/C12H20N2O4/c1-5-9(11(15)17-7-3)13-14-10(6-2)12(16)18-8-4/h5-8H2,1-4H3/b13-9+,14-10+. The van der Waals surface area contributed by atoms with Crippen LogP contribution in [-0.2, 0) is 19.1 Å². The predicted octanol–water partition coefficient (Wildman–Crippen LogP) is 1.73. The van der Waals surface area contributed by atoms with E-state index >= 15 is 0 Å². The Bertz CT molecular complexity index is 314. The van der Waals surface area contributed by atoms with Crippen LogP contribution in [0.5, 0.6) is 0 Å². The summed E-state index contributed by atoms with van der Waals surface area (Å²) < 4.78 is 9.63. The van der Waals surface area contributed by atoms with Crippen LogP contribution in [0.25, 0.3) is 0 Å². The van der Waals surface area contributed by atoms with Crippen molar-refractivity contribution in [2.75, 3.05) is 13.2 Å². The maximum Gasteiger partial charge on any atom is 0.354 e. The second-order valence-electron chi connectivity index (χ2n) is 3.24. The minimum absolute atomic E-state index is 0.187. The summed E-state index contributed by atoms with van der Waals surface area (Å²) >= 11 is 0. The SMILES string of the molecule is CCOC(=O)/C(CC)=N/N=C(\CC)C(=O)OCC. The Kier molecular flexibility index (Phi) is 8.43. The van der Waals surface area contributed by atoms with Gasteiger partial charge >= 0.3 is 11.9 Å². The summed E-state index contributed by atoms with van der Waals surface area (Å²) in [5.41, 5.74) is 0.374. The lowest BCUT2D eigenvalue weighted by Gasteiger charge is -2.03. The van der Waals surface area contributed by atoms with Gasteiger partial charge in [0.2, 0.25) is 0 Å². The number of nitrogens with zero attached hydrogens (tertiary/aromatic N) is 2. The van der Waals surface area contributed by atoms with Crippen molar-refractivity contribution in [2.24, 2.45) is 10.2 Å². The molecular weight excluding hydrogens is 236 g/mol. The Morgan fingerprint density at radius 2 is 1.11 bits per heavy atom. The molecule has 0 atom stereocenters. The van der Waals surface area contributed by atoms with Crippen molar-refractivity contribution in [3.05, 3.63) is 0 Å². The molecule has 0 saturated heterocycles. The second kappa shape index (κ2) is 9.32. The molecule has 102 valence electrons. The van der Waals surface area contributed by atoms with Crippen LogP contribution in [0, 0.1) is 0 Å². The van der Waals surface area contributed by atoms with Crippen molar-refractivity contribution in [1.82, 2.24) is 0 Å². The van der Waals surface area contributed by atoms with E-state index in [0.717, 1.165) is 0 Å². The fourth-order valence-corrected chi connectivity index (χ4v) is 1.06. The smallest absolute Gasteiger partial charge is 0.354 e. The third-order valence-corrected chi connectivity index (χ3v) is 1.98. The summed E-state index contributed by atoms with van der Waals surface area (Å²) in [5, 5.41) is 7.53. The molecule has 0 aliphatic rings. The van der Waals surface area contributed by atoms with E-state index in [0.29, 0.717) is 12.8 Å². The number of rotatable bonds is 7. The van der Waals surface area contributed by atoms with Gasteiger partial charge in [0.15, 0.2) is 0 Å². The van der Waals surface area contributed by atoms with E-state index in [4.69, 9.17) is 9.47 Å². The maximum absolute atomic E-state index is 11.4. The first-order valence-electron chi connectivity index (χ1n) is 6.08. The zero-order valence-corrected chi connectivity index (χ0v) is 11.4. The van der Waals surface area contributed by atoms with Crippen LogP contribution < -0.4 is 0 Å². The quantitative estimate of drug-likeness (QED) is 0.395. The van der Waals surface area contributed by atoms with E-state index in [2.05, 4.69) is 10.2 Å². The first-order valence-corrected chi connectivity index (χ1v) is 6.08. The topological polar surface area (TPSA) is 77.3 Å². The molecule has 0 heterocycles. The molecule has 0 radical (unpaired) electrons. The Labute approximate surface area is 107 Å². The molecule has 0 aliphatic carbocycles. The fourth-order valence-electron chi connectivity index (χ4n) is 1.06. The highest BCUT2D eigenvalue weighted by Crippen LogP contribution is 1.96. The minimum Gasteiger partial charge on any atom is -0.461 e. The summed E-state index contributed by atoms with van der Waals surface area (Å²) in [7, 11) is 0. The van der Waals surface area contributed by atoms with E-state index in [1.807, 2.05) is 0 Å². The van der Waals surface area contributed by atoms with E-state index < -0.39 is 11.9 Å². The zero-order chi connectivity index (χ0) is 14.0. The van der Waals surface area contributed by atoms with Crippen molar-refractivity contribution in [3.8, 4) is 0 Å². The largest absolute Gasteiger partial charge is 0.461 e. The lowest BCUT2D eigenvalue weighted by molar-refractivity contribution is -0.136. The van der Waals surface area contributed by atoms with Gasteiger partial charge in [-0.2, -0.15) is 0 Å². The van der Waals surface area contributed by atoms with Gasteiger partial charge in [0, 0.05) is 0 Å². The second-order valence-corrected chi connectivity index (χ2v) is 3.24. The molecule has 0 N–H and O–H groups in total. The third kappa shape index (κ3) is 5.56. The van der Waals surface area contributed by atoms with Gasteiger partial charge in [0.05, 0.1) is 13.2 Å². The van der Waals surface area contributed by atoms with Crippen LogP contribution in [0.4, 0.5) is 0 Å². The molecule has 0 aromatic heterocycles. The number of hydrogen-bond donors (Lipinski definition) is 0. The van der Waals surface area contributed by atoms with E-state index in [1.54, 1.807) is 27.7 Å². The van der Waals surface area contributed by atoms with Crippen LogP contribution >= 0.6 is 0 Å². The average Bonchev–Trinajstić information content (AvgIpc) is 2.35. The van der Waals surface area contributed by atoms with E-state index in [9.17, 15) is 9.59 Å². The molecule has 0 amide bonds. The van der Waals surface area contributed by atoms with Gasteiger partial charge in [-0.25, -0.2) is 9.59 Å². The Hall–Kier alpha value is -1.72. The van der Waals surface area contributed by atoms with Gasteiger partial charge < -0.3 is 9.47 Å². The molecule has 6 nitrogen and oxygen atoms in total. The van der Waals surface area contributed by atoms with Crippen molar-refractivity contribution in [1.29, 1.82) is 0 Å². The van der Waals surface area contributed by atoms with Crippen molar-refractivity contribution >= 4 is 23.4 Å². The van der Waals surface area contributed by atoms with E-state index in [1.165, 1.54) is 0 Å². The molecule has 0 fully saturated rings. The highest BCUT2D eigenvalue weighted by molar-refractivity contribution is 6.38. The number of carbonyl (C=O) groups excluding carboxylic acids is 2. The molecule has 0 bridgehead atoms. The molecule has 0 aromatic rings. The van der Waals surface area contributed by atoms with Crippen molar-refractivity contribution < 1.29 is 19.1 Å². The van der Waals surface area contributed by atoms with Gasteiger partial charge in [-0.05, 0) is 26.7 Å². The summed E-state index contributed by atoms with van der Waals surface area (Å²) in [6, 6.07) is 0. The first kappa shape index (κ1) is 16.3. The van der Waals surface area contributed by atoms with E-state index in [-0.39, 0.29) is 24.6 Å². The summed E-state index contributed by atoms with van der Waals surface area (Å²) in [6.07, 6.45) is 0.782. The Morgan fingerprint density at radius 3 is 1.33 bits per heavy atom. The third-order valence-electron chi connectivity index (χ3n) is 1.98. The van der Waals surface area contributed by atoms with Gasteiger partial charge in [0.1, 0.15) is 11.4 Å². The molecule has 0 saturated carbocycles. The summed E-state index contributed by atoms with van der Waals surface area (Å²) in [5.74, 6) is -1.02. The number of carbonyl (C=O) groups is 2. The zero-order valence-electron chi connectivity index (χ0n) is 11.4. The molecule has 0 aromatic carbocycles. The normalized spacial score (nSPS) is 12.2. The highest BCUT2D eigenvalue weighted by Gasteiger charge is 2.13. The number of ether oxygens (including phenoxy) is 2. The van der Waals surface area contributed by atoms with Crippen molar-refractivity contribution in [2.45, 2.75) is 40.5 Å². The summed E-state index contributed by atoms with van der Waals surface area (Å²) in [6.45, 7) is 7.51. The molecule has 0 aliphatic heterocycles. The highest BCUT2D eigenvalue weighted by atomic mass is 16.5. The molecule has 18 heavy (non-hydrogen) atoms. The van der Waals surface area contributed by atoms with Crippen LogP contribution in [0.15, 0.2) is 10.2 Å². The Balaban J connectivity index is 4.88. The minimum atomic E-state index is -0.511. The van der Waals surface area contributed by atoms with Gasteiger partial charge in [0.25, 0.3) is 0 Å². The predicted molar refractivity (Wildman–Crippen MR) is 68.7 cm³/mol. The first-order chi connectivity index (χ1) is 8.60. The van der Waals surface area contributed by atoms with Gasteiger partial charge in [-0.15, -0.1) is 10.2 Å². The van der Waals surface area contributed by atoms with Crippen LogP contribution in [0.1, 0.15) is 40.5 Å². The molecular formula is C12H20N2O4. The number of esters is 2. The maximum atomic E-state index is 11.4. The molecule has 6 heteroatoms. The summed E-state index contributed by atoms with van der Waals surface area (Å²) in [4.78, 5) is 22.9. The monoisotopic (exact) mass is 256 g/mol. The van der Waals surface area contributed by atoms with Crippen LogP contribution in [-0.4, -0.2) is 36.6 Å². The lowest BCUT2D eigenvalue weighted by Crippen LogP contribution is -2.18. The number of hydrogen-bond acceptors (Lipinski definition) is 6. The Morgan fingerprint density at radius 1 is 0.778 bits per heavy atom. The molecule has 0 unspecified atom stereocenters. The van der Waals surface area contributed by atoms with Crippen LogP contribution in [0.2, 0.25) is 0 Å². The van der Waals surface area contributed by atoms with Gasteiger partial charge in [-0.3, -0.25) is 0 Å².